The Bertz CT molecular complexity index is 1270. The van der Waals surface area contributed by atoms with E-state index in [-0.39, 0.29) is 43.0 Å². The number of rotatable bonds is 5. The third-order valence-electron chi connectivity index (χ3n) is 8.46. The largest absolute Gasteiger partial charge is 0.416 e. The van der Waals surface area contributed by atoms with Gasteiger partial charge in [-0.3, -0.25) is 9.59 Å². The van der Waals surface area contributed by atoms with Gasteiger partial charge in [-0.15, -0.1) is 0 Å². The molecule has 4 rings (SSSR count). The lowest BCUT2D eigenvalue weighted by atomic mass is 9.77. The number of nitrogens with zero attached hydrogens (tertiary/aromatic N) is 2. The van der Waals surface area contributed by atoms with Gasteiger partial charge in [0, 0.05) is 51.1 Å². The van der Waals surface area contributed by atoms with E-state index in [0.717, 1.165) is 4.90 Å². The van der Waals surface area contributed by atoms with Crippen LogP contribution in [0.1, 0.15) is 66.0 Å². The number of halogens is 7. The van der Waals surface area contributed by atoms with Gasteiger partial charge >= 0.3 is 12.4 Å². The molecule has 0 aliphatic carbocycles. The van der Waals surface area contributed by atoms with Gasteiger partial charge < -0.3 is 14.5 Å². The molecule has 2 aliphatic heterocycles. The predicted molar refractivity (Wildman–Crippen MR) is 140 cm³/mol. The molecule has 0 aromatic heterocycles. The number of piperidine rings is 1. The summed E-state index contributed by atoms with van der Waals surface area (Å²) < 4.78 is 100. The average molecular weight is 603 g/mol. The molecule has 0 radical (unpaired) electrons. The molecule has 2 aromatic carbocycles. The smallest absolute Gasteiger partial charge is 0.381 e. The molecule has 0 bridgehead atoms. The van der Waals surface area contributed by atoms with Crippen LogP contribution >= 0.6 is 0 Å². The lowest BCUT2D eigenvalue weighted by molar-refractivity contribution is -0.146. The number of benzene rings is 2. The van der Waals surface area contributed by atoms with Crippen LogP contribution < -0.4 is 0 Å². The second-order valence-corrected chi connectivity index (χ2v) is 11.1. The summed E-state index contributed by atoms with van der Waals surface area (Å²) in [7, 11) is 1.34. The number of ether oxygens (including phenoxy) is 1. The van der Waals surface area contributed by atoms with Crippen LogP contribution in [-0.4, -0.2) is 55.0 Å². The van der Waals surface area contributed by atoms with Crippen LogP contribution in [0.4, 0.5) is 30.7 Å². The second-order valence-electron chi connectivity index (χ2n) is 11.1. The fraction of sp³-hybridized carbons (Fsp3) is 0.533. The maximum Gasteiger partial charge on any atom is 0.416 e. The van der Waals surface area contributed by atoms with Gasteiger partial charge in [0.1, 0.15) is 5.82 Å². The number of hydrogen-bond acceptors (Lipinski definition) is 3. The van der Waals surface area contributed by atoms with Crippen molar-refractivity contribution >= 4 is 11.8 Å². The van der Waals surface area contributed by atoms with Crippen LogP contribution in [0.5, 0.6) is 0 Å². The SMILES string of the molecule is Cc1cc(F)ccc1[C@H]1CN(C(=O)C2CCOCC2)CC[C@@H]1C(=O)N(C)[C@@H](C)c1cc(C(F)(F)F)cc(C(F)(F)F)c1. The topological polar surface area (TPSA) is 49.9 Å². The van der Waals surface area contributed by atoms with Crippen molar-refractivity contribution in [1.29, 1.82) is 0 Å². The molecule has 0 saturated carbocycles. The first-order valence-electron chi connectivity index (χ1n) is 13.8. The van der Waals surface area contributed by atoms with Gasteiger partial charge in [-0.25, -0.2) is 4.39 Å². The summed E-state index contributed by atoms with van der Waals surface area (Å²) >= 11 is 0. The zero-order chi connectivity index (χ0) is 31.0. The zero-order valence-corrected chi connectivity index (χ0v) is 23.5. The quantitative estimate of drug-likeness (QED) is 0.356. The van der Waals surface area contributed by atoms with E-state index in [9.17, 15) is 40.3 Å². The Morgan fingerprint density at radius 3 is 2.10 bits per heavy atom. The van der Waals surface area contributed by atoms with E-state index in [1.807, 2.05) is 0 Å². The lowest BCUT2D eigenvalue weighted by Gasteiger charge is -2.42. The fourth-order valence-corrected chi connectivity index (χ4v) is 5.92. The highest BCUT2D eigenvalue weighted by atomic mass is 19.4. The summed E-state index contributed by atoms with van der Waals surface area (Å²) in [6.45, 7) is 4.43. The van der Waals surface area contributed by atoms with Gasteiger partial charge in [-0.05, 0) is 80.1 Å². The highest BCUT2D eigenvalue weighted by Gasteiger charge is 2.42. The lowest BCUT2D eigenvalue weighted by Crippen LogP contribution is -2.50. The third kappa shape index (κ3) is 6.90. The molecule has 0 spiro atoms. The Morgan fingerprint density at radius 1 is 0.952 bits per heavy atom. The number of likely N-dealkylation sites (tertiary alicyclic amines) is 1. The van der Waals surface area contributed by atoms with Crippen molar-refractivity contribution in [2.45, 2.75) is 57.4 Å². The monoisotopic (exact) mass is 602 g/mol. The number of hydrogen-bond donors (Lipinski definition) is 0. The highest BCUT2D eigenvalue weighted by molar-refractivity contribution is 5.82. The van der Waals surface area contributed by atoms with Gasteiger partial charge in [0.2, 0.25) is 11.8 Å². The van der Waals surface area contributed by atoms with Crippen LogP contribution in [-0.2, 0) is 26.7 Å². The van der Waals surface area contributed by atoms with E-state index >= 15 is 0 Å². The highest BCUT2D eigenvalue weighted by Crippen LogP contribution is 2.40. The molecule has 42 heavy (non-hydrogen) atoms. The summed E-state index contributed by atoms with van der Waals surface area (Å²) in [4.78, 5) is 30.1. The van der Waals surface area contributed by atoms with Crippen molar-refractivity contribution in [1.82, 2.24) is 9.80 Å². The van der Waals surface area contributed by atoms with Crippen molar-refractivity contribution < 1.29 is 45.1 Å². The summed E-state index contributed by atoms with van der Waals surface area (Å²) in [6.07, 6.45) is -8.66. The van der Waals surface area contributed by atoms with E-state index < -0.39 is 53.1 Å². The van der Waals surface area contributed by atoms with Gasteiger partial charge in [0.25, 0.3) is 0 Å². The van der Waals surface area contributed by atoms with E-state index in [2.05, 4.69) is 0 Å². The first-order chi connectivity index (χ1) is 19.6. The van der Waals surface area contributed by atoms with E-state index in [1.54, 1.807) is 17.9 Å². The molecular weight excluding hydrogens is 569 g/mol. The number of aryl methyl sites for hydroxylation is 1. The standard InChI is InChI=1S/C30H33F7N2O3/c1-17-12-23(31)4-5-24(17)26-16-39(27(40)19-7-10-42-11-8-19)9-6-25(26)28(41)38(3)18(2)20-13-21(29(32,33)34)15-22(14-20)30(35,36)37/h4-5,12-15,18-19,25-26H,6-11,16H2,1-3H3/t18-,25-,26+/m0/s1. The van der Waals surface area contributed by atoms with E-state index in [4.69, 9.17) is 4.74 Å². The van der Waals surface area contributed by atoms with E-state index in [0.29, 0.717) is 49.3 Å². The molecular formula is C30H33F7N2O3. The Balaban J connectivity index is 1.64. The molecule has 2 aliphatic rings. The normalized spacial score (nSPS) is 21.2. The van der Waals surface area contributed by atoms with Gasteiger partial charge in [-0.2, -0.15) is 26.3 Å². The second kappa shape index (κ2) is 12.2. The van der Waals surface area contributed by atoms with Crippen molar-refractivity contribution in [2.75, 3.05) is 33.4 Å². The number of amides is 2. The number of carbonyl (C=O) groups excluding carboxylic acids is 2. The molecule has 0 N–H and O–H groups in total. The van der Waals surface area contributed by atoms with Crippen LogP contribution in [0, 0.1) is 24.6 Å². The molecule has 5 nitrogen and oxygen atoms in total. The van der Waals surface area contributed by atoms with Gasteiger partial charge in [0.05, 0.1) is 17.2 Å². The summed E-state index contributed by atoms with van der Waals surface area (Å²) in [5, 5.41) is 0. The fourth-order valence-electron chi connectivity index (χ4n) is 5.92. The van der Waals surface area contributed by atoms with Crippen LogP contribution in [0.25, 0.3) is 0 Å². The molecule has 230 valence electrons. The number of carbonyl (C=O) groups is 2. The molecule has 2 saturated heterocycles. The van der Waals surface area contributed by atoms with Crippen molar-refractivity contribution in [2.24, 2.45) is 11.8 Å². The van der Waals surface area contributed by atoms with Crippen molar-refractivity contribution in [3.63, 3.8) is 0 Å². The maximum absolute atomic E-state index is 14.0. The molecule has 0 unspecified atom stereocenters. The minimum atomic E-state index is -5.02. The van der Waals surface area contributed by atoms with E-state index in [1.165, 1.54) is 26.1 Å². The predicted octanol–water partition coefficient (Wildman–Crippen LogP) is 6.75. The third-order valence-corrected chi connectivity index (χ3v) is 8.46. The zero-order valence-electron chi connectivity index (χ0n) is 23.5. The molecule has 2 amide bonds. The summed E-state index contributed by atoms with van der Waals surface area (Å²) in [6, 6.07) is 4.32. The Kier molecular flexibility index (Phi) is 9.25. The molecule has 2 fully saturated rings. The molecule has 2 aromatic rings. The van der Waals surface area contributed by atoms with Crippen molar-refractivity contribution in [3.05, 3.63) is 70.0 Å². The Morgan fingerprint density at radius 2 is 1.55 bits per heavy atom. The summed E-state index contributed by atoms with van der Waals surface area (Å²) in [5.41, 5.74) is -2.01. The molecule has 3 atom stereocenters. The maximum atomic E-state index is 14.0. The van der Waals surface area contributed by atoms with Gasteiger partial charge in [0.15, 0.2) is 0 Å². The number of alkyl halides is 6. The minimum Gasteiger partial charge on any atom is -0.381 e. The van der Waals surface area contributed by atoms with Crippen LogP contribution in [0.3, 0.4) is 0 Å². The average Bonchev–Trinajstić information content (AvgIpc) is 2.94. The first-order valence-corrected chi connectivity index (χ1v) is 13.8. The van der Waals surface area contributed by atoms with Crippen molar-refractivity contribution in [3.8, 4) is 0 Å². The Labute approximate surface area is 239 Å². The molecule has 12 heteroatoms. The minimum absolute atomic E-state index is 0.0521. The van der Waals surface area contributed by atoms with Gasteiger partial charge in [-0.1, -0.05) is 6.07 Å². The first kappa shape index (κ1) is 31.8. The molecule has 2 heterocycles. The summed E-state index contributed by atoms with van der Waals surface area (Å²) in [5.74, 6) is -2.53. The van der Waals surface area contributed by atoms with Crippen LogP contribution in [0.2, 0.25) is 0 Å². The van der Waals surface area contributed by atoms with Crippen LogP contribution in [0.15, 0.2) is 36.4 Å². The Hall–Kier alpha value is -3.15.